The van der Waals surface area contributed by atoms with E-state index in [4.69, 9.17) is 0 Å². The summed E-state index contributed by atoms with van der Waals surface area (Å²) in [7, 11) is 0. The van der Waals surface area contributed by atoms with Crippen molar-refractivity contribution < 1.29 is 0 Å². The number of nitrogens with one attached hydrogen (secondary N) is 1. The topological polar surface area (TPSA) is 12.0 Å². The lowest BCUT2D eigenvalue weighted by atomic mass is 9.90. The van der Waals surface area contributed by atoms with Gasteiger partial charge in [0.2, 0.25) is 0 Å². The summed E-state index contributed by atoms with van der Waals surface area (Å²) < 4.78 is 0. The van der Waals surface area contributed by atoms with E-state index < -0.39 is 0 Å². The van der Waals surface area contributed by atoms with Crippen LogP contribution in [-0.2, 0) is 0 Å². The fraction of sp³-hybridized carbons (Fsp3) is 0.833. The van der Waals surface area contributed by atoms with Gasteiger partial charge in [-0.25, -0.2) is 0 Å². The summed E-state index contributed by atoms with van der Waals surface area (Å²) in [5.41, 5.74) is 1.45. The third kappa shape index (κ3) is 6.83. The molecule has 78 valence electrons. The first-order valence-corrected chi connectivity index (χ1v) is 5.27. The van der Waals surface area contributed by atoms with Crippen molar-refractivity contribution in [3.8, 4) is 0 Å². The van der Waals surface area contributed by atoms with E-state index in [9.17, 15) is 0 Å². The van der Waals surface area contributed by atoms with E-state index >= 15 is 0 Å². The van der Waals surface area contributed by atoms with Crippen molar-refractivity contribution in [2.45, 2.75) is 53.0 Å². The lowest BCUT2D eigenvalue weighted by molar-refractivity contribution is 0.311. The maximum atomic E-state index is 3.90. The van der Waals surface area contributed by atoms with Gasteiger partial charge in [0.1, 0.15) is 0 Å². The molecule has 1 nitrogen and oxygen atoms in total. The minimum Gasteiger partial charge on any atom is -0.308 e. The van der Waals surface area contributed by atoms with Gasteiger partial charge >= 0.3 is 0 Å². The maximum Gasteiger partial charge on any atom is 0.0164 e. The molecule has 0 radical (unpaired) electrons. The zero-order valence-electron chi connectivity index (χ0n) is 9.91. The Morgan fingerprint density at radius 1 is 1.46 bits per heavy atom. The lowest BCUT2D eigenvalue weighted by Crippen LogP contribution is -2.41. The molecule has 0 aromatic carbocycles. The third-order valence-electron chi connectivity index (χ3n) is 2.42. The van der Waals surface area contributed by atoms with Crippen LogP contribution < -0.4 is 5.32 Å². The smallest absolute Gasteiger partial charge is 0.0164 e. The molecule has 0 spiro atoms. The molecule has 0 saturated heterocycles. The zero-order valence-corrected chi connectivity index (χ0v) is 9.91. The standard InChI is InChI=1S/C12H25N/c1-7-11(4)8-12(5,6)13-9-10(2)3/h11,13H,2,7-9H2,1,3-6H3. The molecule has 0 aliphatic rings. The van der Waals surface area contributed by atoms with Gasteiger partial charge in [0.15, 0.2) is 0 Å². The first-order chi connectivity index (χ1) is 5.87. The van der Waals surface area contributed by atoms with Gasteiger partial charge < -0.3 is 5.32 Å². The number of hydrogen-bond donors (Lipinski definition) is 1. The van der Waals surface area contributed by atoms with Gasteiger partial charge in [0.05, 0.1) is 0 Å². The van der Waals surface area contributed by atoms with Crippen molar-refractivity contribution in [3.05, 3.63) is 12.2 Å². The summed E-state index contributed by atoms with van der Waals surface area (Å²) >= 11 is 0. The van der Waals surface area contributed by atoms with Gasteiger partial charge in [-0.2, -0.15) is 0 Å². The second-order valence-corrected chi connectivity index (χ2v) is 4.91. The third-order valence-corrected chi connectivity index (χ3v) is 2.42. The van der Waals surface area contributed by atoms with Crippen molar-refractivity contribution in [3.63, 3.8) is 0 Å². The molecule has 0 aliphatic heterocycles. The van der Waals surface area contributed by atoms with Crippen LogP contribution in [0.25, 0.3) is 0 Å². The quantitative estimate of drug-likeness (QED) is 0.623. The molecule has 1 N–H and O–H groups in total. The Bertz CT molecular complexity index is 159. The number of rotatable bonds is 6. The van der Waals surface area contributed by atoms with Crippen molar-refractivity contribution >= 4 is 0 Å². The Hall–Kier alpha value is -0.300. The van der Waals surface area contributed by atoms with Gasteiger partial charge in [-0.3, -0.25) is 0 Å². The molecule has 0 heterocycles. The number of hydrogen-bond acceptors (Lipinski definition) is 1. The van der Waals surface area contributed by atoms with Crippen molar-refractivity contribution in [2.75, 3.05) is 6.54 Å². The minimum atomic E-state index is 0.244. The molecule has 0 aromatic rings. The molecule has 1 unspecified atom stereocenters. The lowest BCUT2D eigenvalue weighted by Gasteiger charge is -2.29. The second-order valence-electron chi connectivity index (χ2n) is 4.91. The predicted octanol–water partition coefficient (Wildman–Crippen LogP) is 3.37. The van der Waals surface area contributed by atoms with E-state index in [0.717, 1.165) is 12.5 Å². The fourth-order valence-electron chi connectivity index (χ4n) is 1.48. The highest BCUT2D eigenvalue weighted by atomic mass is 14.9. The van der Waals surface area contributed by atoms with Crippen LogP contribution in [0.2, 0.25) is 0 Å². The first kappa shape index (κ1) is 12.7. The SMILES string of the molecule is C=C(C)CNC(C)(C)CC(C)CC. The Morgan fingerprint density at radius 2 is 2.00 bits per heavy atom. The summed E-state index contributed by atoms with van der Waals surface area (Å²) in [6, 6.07) is 0. The van der Waals surface area contributed by atoms with E-state index in [0.29, 0.717) is 0 Å². The molecule has 0 saturated carbocycles. The van der Waals surface area contributed by atoms with Crippen LogP contribution >= 0.6 is 0 Å². The summed E-state index contributed by atoms with van der Waals surface area (Å²) in [6.45, 7) is 16.0. The molecular formula is C12H25N. The first-order valence-electron chi connectivity index (χ1n) is 5.27. The zero-order chi connectivity index (χ0) is 10.5. The summed E-state index contributed by atoms with van der Waals surface area (Å²) in [5, 5.41) is 3.52. The second kappa shape index (κ2) is 5.43. The molecule has 0 aliphatic carbocycles. The van der Waals surface area contributed by atoms with Crippen LogP contribution in [0.1, 0.15) is 47.5 Å². The molecule has 0 fully saturated rings. The Labute approximate surface area is 83.6 Å². The normalized spacial score (nSPS) is 14.2. The summed E-state index contributed by atoms with van der Waals surface area (Å²) in [4.78, 5) is 0. The molecule has 0 amide bonds. The molecule has 0 aromatic heterocycles. The average Bonchev–Trinajstić information content (AvgIpc) is 2.00. The van der Waals surface area contributed by atoms with E-state index in [1.807, 2.05) is 0 Å². The van der Waals surface area contributed by atoms with Gasteiger partial charge in [-0.05, 0) is 33.1 Å². The van der Waals surface area contributed by atoms with E-state index in [1.165, 1.54) is 18.4 Å². The Balaban J connectivity index is 3.85. The molecule has 1 atom stereocenters. The minimum absolute atomic E-state index is 0.244. The van der Waals surface area contributed by atoms with Gasteiger partial charge in [-0.1, -0.05) is 32.4 Å². The van der Waals surface area contributed by atoms with Crippen LogP contribution in [0.5, 0.6) is 0 Å². The molecular weight excluding hydrogens is 158 g/mol. The van der Waals surface area contributed by atoms with E-state index in [1.54, 1.807) is 0 Å². The van der Waals surface area contributed by atoms with Crippen LogP contribution in [0.15, 0.2) is 12.2 Å². The Kier molecular flexibility index (Phi) is 5.31. The van der Waals surface area contributed by atoms with Crippen molar-refractivity contribution in [1.29, 1.82) is 0 Å². The Morgan fingerprint density at radius 3 is 2.38 bits per heavy atom. The van der Waals surface area contributed by atoms with Gasteiger partial charge in [-0.15, -0.1) is 0 Å². The summed E-state index contributed by atoms with van der Waals surface area (Å²) in [6.07, 6.45) is 2.50. The molecule has 0 bridgehead atoms. The van der Waals surface area contributed by atoms with Crippen molar-refractivity contribution in [2.24, 2.45) is 5.92 Å². The molecule has 13 heavy (non-hydrogen) atoms. The van der Waals surface area contributed by atoms with Crippen LogP contribution in [0.3, 0.4) is 0 Å². The molecule has 0 rings (SSSR count). The van der Waals surface area contributed by atoms with E-state index in [-0.39, 0.29) is 5.54 Å². The van der Waals surface area contributed by atoms with E-state index in [2.05, 4.69) is 46.5 Å². The highest BCUT2D eigenvalue weighted by Gasteiger charge is 2.18. The fourth-order valence-corrected chi connectivity index (χ4v) is 1.48. The highest BCUT2D eigenvalue weighted by molar-refractivity contribution is 4.94. The summed E-state index contributed by atoms with van der Waals surface area (Å²) in [5.74, 6) is 0.799. The predicted molar refractivity (Wildman–Crippen MR) is 61.0 cm³/mol. The van der Waals surface area contributed by atoms with Gasteiger partial charge in [0, 0.05) is 12.1 Å². The largest absolute Gasteiger partial charge is 0.308 e. The van der Waals surface area contributed by atoms with Crippen molar-refractivity contribution in [1.82, 2.24) is 5.32 Å². The van der Waals surface area contributed by atoms with Crippen LogP contribution in [0.4, 0.5) is 0 Å². The van der Waals surface area contributed by atoms with Crippen LogP contribution in [-0.4, -0.2) is 12.1 Å². The average molecular weight is 183 g/mol. The maximum absolute atomic E-state index is 3.90. The van der Waals surface area contributed by atoms with Gasteiger partial charge in [0.25, 0.3) is 0 Å². The van der Waals surface area contributed by atoms with Crippen LogP contribution in [0, 0.1) is 5.92 Å². The monoisotopic (exact) mass is 183 g/mol. The highest BCUT2D eigenvalue weighted by Crippen LogP contribution is 2.18. The molecule has 1 heteroatoms.